The maximum absolute atomic E-state index is 12.8. The van der Waals surface area contributed by atoms with Crippen molar-refractivity contribution in [3.63, 3.8) is 0 Å². The Balaban J connectivity index is 1.43. The average Bonchev–Trinajstić information content (AvgIpc) is 3.13. The first-order valence-corrected chi connectivity index (χ1v) is 10.8. The van der Waals surface area contributed by atoms with E-state index in [0.29, 0.717) is 11.2 Å². The first-order valence-electron chi connectivity index (χ1n) is 9.99. The number of piperazine rings is 1. The van der Waals surface area contributed by atoms with Crippen LogP contribution in [-0.4, -0.2) is 43.9 Å². The number of nitrogens with one attached hydrogen (secondary N) is 1. The van der Waals surface area contributed by atoms with Crippen molar-refractivity contribution in [2.24, 2.45) is 0 Å². The predicted molar refractivity (Wildman–Crippen MR) is 115 cm³/mol. The van der Waals surface area contributed by atoms with Gasteiger partial charge in [-0.15, -0.1) is 0 Å². The van der Waals surface area contributed by atoms with Gasteiger partial charge in [-0.05, 0) is 38.3 Å². The Labute approximate surface area is 171 Å². The largest absolute Gasteiger partial charge is 0.359 e. The SMILES string of the molecule is Cc1cn2cc(-c3cc(=O)n4cc(N5CCNC6(CC6)C5)sc4n3)cc(C)c2n1. The number of rotatable bonds is 2. The molecule has 4 aromatic rings. The van der Waals surface area contributed by atoms with Crippen LogP contribution in [0.1, 0.15) is 24.1 Å². The summed E-state index contributed by atoms with van der Waals surface area (Å²) < 4.78 is 3.69. The Morgan fingerprint density at radius 1 is 1.14 bits per heavy atom. The number of anilines is 1. The van der Waals surface area contributed by atoms with Gasteiger partial charge >= 0.3 is 0 Å². The van der Waals surface area contributed by atoms with Crippen LogP contribution >= 0.6 is 11.3 Å². The molecule has 0 aromatic carbocycles. The van der Waals surface area contributed by atoms with Crippen LogP contribution in [0.25, 0.3) is 21.9 Å². The van der Waals surface area contributed by atoms with Gasteiger partial charge < -0.3 is 14.6 Å². The first-order chi connectivity index (χ1) is 14.0. The van der Waals surface area contributed by atoms with E-state index in [9.17, 15) is 4.79 Å². The van der Waals surface area contributed by atoms with Crippen molar-refractivity contribution in [1.29, 1.82) is 0 Å². The van der Waals surface area contributed by atoms with Crippen molar-refractivity contribution in [2.45, 2.75) is 32.2 Å². The van der Waals surface area contributed by atoms with Gasteiger partial charge in [0.25, 0.3) is 5.56 Å². The van der Waals surface area contributed by atoms with E-state index in [1.54, 1.807) is 21.8 Å². The fraction of sp³-hybridized carbons (Fsp3) is 0.381. The number of aryl methyl sites for hydroxylation is 2. The van der Waals surface area contributed by atoms with Crippen molar-refractivity contribution < 1.29 is 0 Å². The van der Waals surface area contributed by atoms with Crippen molar-refractivity contribution in [1.82, 2.24) is 24.1 Å². The topological polar surface area (TPSA) is 66.9 Å². The highest BCUT2D eigenvalue weighted by atomic mass is 32.1. The van der Waals surface area contributed by atoms with E-state index in [0.717, 1.165) is 52.1 Å². The van der Waals surface area contributed by atoms with Crippen LogP contribution in [0, 0.1) is 13.8 Å². The quantitative estimate of drug-likeness (QED) is 0.554. The fourth-order valence-electron chi connectivity index (χ4n) is 4.35. The zero-order valence-electron chi connectivity index (χ0n) is 16.5. The standard InChI is InChI=1S/C21H22N6OS/c1-13-7-15(10-26-9-14(2)23-19(13)26)16-8-17(28)27-11-18(29-20(27)24-16)25-6-5-22-21(12-25)3-4-21/h7-11,22H,3-6,12H2,1-2H3. The van der Waals surface area contributed by atoms with Crippen LogP contribution in [0.15, 0.2) is 35.5 Å². The molecule has 1 saturated carbocycles. The zero-order chi connectivity index (χ0) is 19.8. The van der Waals surface area contributed by atoms with Gasteiger partial charge in [-0.25, -0.2) is 9.97 Å². The molecule has 2 fully saturated rings. The highest BCUT2D eigenvalue weighted by Crippen LogP contribution is 2.40. The third kappa shape index (κ3) is 2.78. The van der Waals surface area contributed by atoms with E-state index in [1.807, 2.05) is 36.8 Å². The molecule has 0 radical (unpaired) electrons. The van der Waals surface area contributed by atoms with Gasteiger partial charge in [0.05, 0.1) is 11.4 Å². The molecule has 8 heteroatoms. The Morgan fingerprint density at radius 3 is 2.83 bits per heavy atom. The Hall–Kier alpha value is -2.71. The van der Waals surface area contributed by atoms with Crippen molar-refractivity contribution >= 4 is 26.9 Å². The highest BCUT2D eigenvalue weighted by molar-refractivity contribution is 7.20. The molecule has 0 bridgehead atoms. The number of aromatic nitrogens is 4. The summed E-state index contributed by atoms with van der Waals surface area (Å²) in [7, 11) is 0. The molecule has 29 heavy (non-hydrogen) atoms. The van der Waals surface area contributed by atoms with Gasteiger partial charge in [-0.2, -0.15) is 0 Å². The minimum absolute atomic E-state index is 0.0386. The van der Waals surface area contributed by atoms with Crippen LogP contribution in [0.4, 0.5) is 5.00 Å². The molecule has 0 unspecified atom stereocenters. The molecule has 7 nitrogen and oxygen atoms in total. The maximum atomic E-state index is 12.8. The van der Waals surface area contributed by atoms with Gasteiger partial charge in [-0.1, -0.05) is 11.3 Å². The minimum atomic E-state index is -0.0386. The summed E-state index contributed by atoms with van der Waals surface area (Å²) in [6.45, 7) is 6.99. The molecular formula is C21H22N6OS. The monoisotopic (exact) mass is 406 g/mol. The molecular weight excluding hydrogens is 384 g/mol. The third-order valence-corrected chi connectivity index (χ3v) is 7.09. The van der Waals surface area contributed by atoms with Gasteiger partial charge in [0.1, 0.15) is 10.6 Å². The lowest BCUT2D eigenvalue weighted by molar-refractivity contribution is 0.443. The molecule has 1 saturated heterocycles. The fourth-order valence-corrected chi connectivity index (χ4v) is 5.36. The molecule has 1 aliphatic heterocycles. The summed E-state index contributed by atoms with van der Waals surface area (Å²) in [6.07, 6.45) is 8.44. The number of hydrogen-bond donors (Lipinski definition) is 1. The van der Waals surface area contributed by atoms with Gasteiger partial charge in [0, 0.05) is 55.4 Å². The summed E-state index contributed by atoms with van der Waals surface area (Å²) in [4.78, 5) is 25.4. The van der Waals surface area contributed by atoms with Crippen molar-refractivity contribution in [2.75, 3.05) is 24.5 Å². The Morgan fingerprint density at radius 2 is 2.00 bits per heavy atom. The molecule has 0 amide bonds. The van der Waals surface area contributed by atoms with Crippen LogP contribution < -0.4 is 15.8 Å². The average molecular weight is 407 g/mol. The van der Waals surface area contributed by atoms with Crippen LogP contribution in [0.3, 0.4) is 0 Å². The second-order valence-corrected chi connectivity index (χ2v) is 9.34. The summed E-state index contributed by atoms with van der Waals surface area (Å²) in [5.41, 5.74) is 4.88. The molecule has 1 N–H and O–H groups in total. The second kappa shape index (κ2) is 5.90. The van der Waals surface area contributed by atoms with Gasteiger partial charge in [0.15, 0.2) is 4.96 Å². The number of imidazole rings is 1. The maximum Gasteiger partial charge on any atom is 0.259 e. The lowest BCUT2D eigenvalue weighted by Gasteiger charge is -2.34. The lowest BCUT2D eigenvalue weighted by atomic mass is 10.1. The predicted octanol–water partition coefficient (Wildman–Crippen LogP) is 2.63. The smallest absolute Gasteiger partial charge is 0.259 e. The minimum Gasteiger partial charge on any atom is -0.359 e. The van der Waals surface area contributed by atoms with Gasteiger partial charge in [0.2, 0.25) is 0 Å². The second-order valence-electron chi connectivity index (χ2n) is 8.36. The summed E-state index contributed by atoms with van der Waals surface area (Å²) in [5.74, 6) is 0. The number of fused-ring (bicyclic) bond motifs is 2. The Bertz CT molecular complexity index is 1330. The molecule has 4 aromatic heterocycles. The molecule has 1 spiro atoms. The molecule has 2 aliphatic rings. The number of nitrogens with zero attached hydrogens (tertiary/aromatic N) is 5. The van der Waals surface area contributed by atoms with E-state index in [2.05, 4.69) is 21.3 Å². The molecule has 5 heterocycles. The molecule has 148 valence electrons. The normalized spacial score (nSPS) is 18.2. The Kier molecular flexibility index (Phi) is 3.49. The van der Waals surface area contributed by atoms with E-state index in [-0.39, 0.29) is 5.56 Å². The number of hydrogen-bond acceptors (Lipinski definition) is 6. The van der Waals surface area contributed by atoms with E-state index in [4.69, 9.17) is 4.98 Å². The first kappa shape index (κ1) is 17.2. The summed E-state index contributed by atoms with van der Waals surface area (Å²) in [6, 6.07) is 3.69. The lowest BCUT2D eigenvalue weighted by Crippen LogP contribution is -2.52. The van der Waals surface area contributed by atoms with E-state index >= 15 is 0 Å². The van der Waals surface area contributed by atoms with E-state index in [1.165, 1.54) is 12.8 Å². The third-order valence-electron chi connectivity index (χ3n) is 6.05. The summed E-state index contributed by atoms with van der Waals surface area (Å²) >= 11 is 1.60. The number of thiazole rings is 1. The zero-order valence-corrected chi connectivity index (χ0v) is 17.3. The van der Waals surface area contributed by atoms with E-state index < -0.39 is 0 Å². The van der Waals surface area contributed by atoms with Crippen LogP contribution in [0.2, 0.25) is 0 Å². The number of pyridine rings is 1. The van der Waals surface area contributed by atoms with Crippen molar-refractivity contribution in [3.8, 4) is 11.3 Å². The van der Waals surface area contributed by atoms with Crippen LogP contribution in [0.5, 0.6) is 0 Å². The van der Waals surface area contributed by atoms with Crippen LogP contribution in [-0.2, 0) is 0 Å². The highest BCUT2D eigenvalue weighted by Gasteiger charge is 2.45. The van der Waals surface area contributed by atoms with Crippen molar-refractivity contribution in [3.05, 3.63) is 52.3 Å². The molecule has 6 rings (SSSR count). The molecule has 1 aliphatic carbocycles. The van der Waals surface area contributed by atoms with Gasteiger partial charge in [-0.3, -0.25) is 9.20 Å². The molecule has 0 atom stereocenters. The summed E-state index contributed by atoms with van der Waals surface area (Å²) in [5, 5.41) is 4.76.